The van der Waals surface area contributed by atoms with Crippen LogP contribution >= 0.6 is 23.4 Å². The van der Waals surface area contributed by atoms with Crippen molar-refractivity contribution in [3.8, 4) is 0 Å². The highest BCUT2D eigenvalue weighted by Gasteiger charge is 2.30. The molecule has 0 aliphatic carbocycles. The van der Waals surface area contributed by atoms with E-state index in [0.29, 0.717) is 37.0 Å². The average molecular weight is 425 g/mol. The summed E-state index contributed by atoms with van der Waals surface area (Å²) < 4.78 is 0. The van der Waals surface area contributed by atoms with Crippen LogP contribution in [0.3, 0.4) is 0 Å². The second-order valence-corrected chi connectivity index (χ2v) is 8.58. The Hall–Kier alpha value is -1.77. The van der Waals surface area contributed by atoms with Gasteiger partial charge in [0.25, 0.3) is 0 Å². The summed E-state index contributed by atoms with van der Waals surface area (Å²) in [7, 11) is 0. The summed E-state index contributed by atoms with van der Waals surface area (Å²) in [5.41, 5.74) is 0.836. The number of nitrogens with zero attached hydrogens (tertiary/aromatic N) is 2. The lowest BCUT2D eigenvalue weighted by molar-refractivity contribution is -0.139. The number of nitrogens with one attached hydrogen (secondary N) is 2. The Morgan fingerprint density at radius 2 is 1.93 bits per heavy atom. The zero-order valence-corrected chi connectivity index (χ0v) is 17.4. The lowest BCUT2D eigenvalue weighted by atomic mass is 10.1. The Balaban J connectivity index is 1.48. The third-order valence-electron chi connectivity index (χ3n) is 4.92. The van der Waals surface area contributed by atoms with E-state index in [1.54, 1.807) is 28.5 Å². The molecule has 2 saturated heterocycles. The van der Waals surface area contributed by atoms with Crippen molar-refractivity contribution < 1.29 is 14.4 Å². The molecule has 2 N–H and O–H groups in total. The normalized spacial score (nSPS) is 22.7. The van der Waals surface area contributed by atoms with Crippen molar-refractivity contribution in [1.29, 1.82) is 0 Å². The van der Waals surface area contributed by atoms with Gasteiger partial charge in [0.1, 0.15) is 5.50 Å². The molecule has 0 bridgehead atoms. The molecule has 2 heterocycles. The van der Waals surface area contributed by atoms with Crippen LogP contribution in [0, 0.1) is 0 Å². The predicted molar refractivity (Wildman–Crippen MR) is 110 cm³/mol. The highest BCUT2D eigenvalue weighted by atomic mass is 35.5. The summed E-state index contributed by atoms with van der Waals surface area (Å²) in [5, 5.41) is 6.95. The maximum absolute atomic E-state index is 12.6. The van der Waals surface area contributed by atoms with Crippen molar-refractivity contribution in [3.63, 3.8) is 0 Å². The summed E-state index contributed by atoms with van der Waals surface area (Å²) in [6.07, 6.45) is 0.565. The zero-order chi connectivity index (χ0) is 20.1. The molecule has 2 atom stereocenters. The molecule has 28 heavy (non-hydrogen) atoms. The summed E-state index contributed by atoms with van der Waals surface area (Å²) in [6.45, 7) is 3.77. The molecule has 1 aromatic carbocycles. The molecule has 2 fully saturated rings. The fourth-order valence-electron chi connectivity index (χ4n) is 3.38. The van der Waals surface area contributed by atoms with Gasteiger partial charge >= 0.3 is 0 Å². The number of rotatable bonds is 5. The first-order chi connectivity index (χ1) is 13.4. The van der Waals surface area contributed by atoms with E-state index in [2.05, 4.69) is 10.6 Å². The number of halogens is 1. The summed E-state index contributed by atoms with van der Waals surface area (Å²) >= 11 is 7.57. The number of hydrogen-bond acceptors (Lipinski definition) is 5. The Bertz CT molecular complexity index is 740. The van der Waals surface area contributed by atoms with E-state index in [0.717, 1.165) is 5.56 Å². The van der Waals surface area contributed by atoms with Crippen LogP contribution in [0.4, 0.5) is 0 Å². The second-order valence-electron chi connectivity index (χ2n) is 7.05. The van der Waals surface area contributed by atoms with Gasteiger partial charge < -0.3 is 15.1 Å². The smallest absolute Gasteiger partial charge is 0.224 e. The Morgan fingerprint density at radius 1 is 1.21 bits per heavy atom. The van der Waals surface area contributed by atoms with Crippen LogP contribution in [0.25, 0.3) is 0 Å². The van der Waals surface area contributed by atoms with Gasteiger partial charge in [-0.25, -0.2) is 0 Å². The van der Waals surface area contributed by atoms with Crippen molar-refractivity contribution >= 4 is 41.1 Å². The summed E-state index contributed by atoms with van der Waals surface area (Å²) in [6, 6.07) is 7.43. The van der Waals surface area contributed by atoms with Gasteiger partial charge in [-0.05, 0) is 17.7 Å². The SMILES string of the molecule is CC(=O)N1CCN(C(=O)CC2CC(=O)NC(SCc3cccc(Cl)c3)N2)CC1. The van der Waals surface area contributed by atoms with Crippen molar-refractivity contribution in [3.05, 3.63) is 34.9 Å². The van der Waals surface area contributed by atoms with E-state index < -0.39 is 0 Å². The number of piperazine rings is 1. The highest BCUT2D eigenvalue weighted by Crippen LogP contribution is 2.21. The predicted octanol–water partition coefficient (Wildman–Crippen LogP) is 1.42. The topological polar surface area (TPSA) is 81.8 Å². The fourth-order valence-corrected chi connectivity index (χ4v) is 4.64. The number of carbonyl (C=O) groups excluding carboxylic acids is 3. The quantitative estimate of drug-likeness (QED) is 0.747. The third kappa shape index (κ3) is 5.86. The van der Waals surface area contributed by atoms with Crippen LogP contribution in [0.15, 0.2) is 24.3 Å². The molecule has 152 valence electrons. The second kappa shape index (κ2) is 9.62. The van der Waals surface area contributed by atoms with Crippen molar-refractivity contribution in [2.45, 2.75) is 37.1 Å². The molecule has 9 heteroatoms. The van der Waals surface area contributed by atoms with Gasteiger partial charge in [-0.3, -0.25) is 19.7 Å². The number of thioether (sulfide) groups is 1. The first-order valence-corrected chi connectivity index (χ1v) is 10.8. The van der Waals surface area contributed by atoms with Crippen LogP contribution in [0.2, 0.25) is 5.02 Å². The van der Waals surface area contributed by atoms with E-state index in [1.165, 1.54) is 0 Å². The van der Waals surface area contributed by atoms with Gasteiger partial charge in [0, 0.05) is 62.8 Å². The summed E-state index contributed by atoms with van der Waals surface area (Å²) in [4.78, 5) is 39.6. The monoisotopic (exact) mass is 424 g/mol. The first-order valence-electron chi connectivity index (χ1n) is 9.35. The molecule has 2 unspecified atom stereocenters. The molecule has 2 aliphatic rings. The minimum atomic E-state index is -0.243. The zero-order valence-electron chi connectivity index (χ0n) is 15.8. The molecule has 2 aliphatic heterocycles. The Labute approximate surface area is 174 Å². The van der Waals surface area contributed by atoms with Gasteiger partial charge in [0.05, 0.1) is 0 Å². The molecule has 0 radical (unpaired) electrons. The Kier molecular flexibility index (Phi) is 7.20. The Morgan fingerprint density at radius 3 is 2.61 bits per heavy atom. The third-order valence-corrected chi connectivity index (χ3v) is 6.24. The van der Waals surface area contributed by atoms with Crippen molar-refractivity contribution in [2.75, 3.05) is 26.2 Å². The molecular weight excluding hydrogens is 400 g/mol. The maximum Gasteiger partial charge on any atom is 0.224 e. The molecule has 7 nitrogen and oxygen atoms in total. The molecule has 0 spiro atoms. The van der Waals surface area contributed by atoms with E-state index in [9.17, 15) is 14.4 Å². The minimum absolute atomic E-state index is 0.0222. The van der Waals surface area contributed by atoms with Crippen LogP contribution in [-0.2, 0) is 20.1 Å². The number of carbonyl (C=O) groups is 3. The van der Waals surface area contributed by atoms with Crippen LogP contribution in [0.1, 0.15) is 25.3 Å². The van der Waals surface area contributed by atoms with Gasteiger partial charge in [0.15, 0.2) is 0 Å². The van der Waals surface area contributed by atoms with Gasteiger partial charge in [-0.15, -0.1) is 11.8 Å². The summed E-state index contributed by atoms with van der Waals surface area (Å²) in [5.74, 6) is 0.708. The molecule has 3 rings (SSSR count). The van der Waals surface area contributed by atoms with E-state index in [4.69, 9.17) is 11.6 Å². The number of amides is 3. The van der Waals surface area contributed by atoms with E-state index in [1.807, 2.05) is 24.3 Å². The minimum Gasteiger partial charge on any atom is -0.339 e. The highest BCUT2D eigenvalue weighted by molar-refractivity contribution is 7.99. The molecular formula is C19H25ClN4O3S. The van der Waals surface area contributed by atoms with Crippen molar-refractivity contribution in [2.24, 2.45) is 0 Å². The van der Waals surface area contributed by atoms with Gasteiger partial charge in [-0.1, -0.05) is 23.7 Å². The van der Waals surface area contributed by atoms with Crippen molar-refractivity contribution in [1.82, 2.24) is 20.4 Å². The molecule has 1 aromatic rings. The van der Waals surface area contributed by atoms with Gasteiger partial charge in [0.2, 0.25) is 17.7 Å². The first kappa shape index (κ1) is 21.0. The number of benzene rings is 1. The van der Waals surface area contributed by atoms with Gasteiger partial charge in [-0.2, -0.15) is 0 Å². The largest absolute Gasteiger partial charge is 0.339 e. The van der Waals surface area contributed by atoms with E-state index in [-0.39, 0.29) is 42.1 Å². The molecule has 3 amide bonds. The molecule has 0 saturated carbocycles. The fraction of sp³-hybridized carbons (Fsp3) is 0.526. The lowest BCUT2D eigenvalue weighted by Crippen LogP contribution is -2.56. The van der Waals surface area contributed by atoms with Crippen LogP contribution in [0.5, 0.6) is 0 Å². The van der Waals surface area contributed by atoms with Crippen LogP contribution < -0.4 is 10.6 Å². The average Bonchev–Trinajstić information content (AvgIpc) is 2.66. The molecule has 0 aromatic heterocycles. The standard InChI is InChI=1S/C19H25ClN4O3S/c1-13(25)23-5-7-24(8-6-23)18(27)11-16-10-17(26)22-19(21-16)28-12-14-3-2-4-15(20)9-14/h2-4,9,16,19,21H,5-8,10-12H2,1H3,(H,22,26). The number of hydrogen-bond donors (Lipinski definition) is 2. The van der Waals surface area contributed by atoms with E-state index >= 15 is 0 Å². The maximum atomic E-state index is 12.6. The lowest BCUT2D eigenvalue weighted by Gasteiger charge is -2.36. The van der Waals surface area contributed by atoms with Crippen LogP contribution in [-0.4, -0.2) is 65.2 Å².